The number of benzene rings is 1. The molecule has 0 unspecified atom stereocenters. The van der Waals surface area contributed by atoms with Gasteiger partial charge < -0.3 is 15.2 Å². The minimum absolute atomic E-state index is 0.182. The highest BCUT2D eigenvalue weighted by Crippen LogP contribution is 2.30. The number of hydrogen-bond acceptors (Lipinski definition) is 3. The molecule has 0 heterocycles. The molecule has 0 aliphatic heterocycles. The fourth-order valence-electron chi connectivity index (χ4n) is 2.30. The molecule has 0 saturated carbocycles. The number of fused-ring (bicyclic) bond motifs is 1. The Bertz CT molecular complexity index is 365. The zero-order valence-electron chi connectivity index (χ0n) is 10.4. The Morgan fingerprint density at radius 3 is 3.06 bits per heavy atom. The van der Waals surface area contributed by atoms with Gasteiger partial charge in [0.15, 0.2) is 0 Å². The lowest BCUT2D eigenvalue weighted by atomic mass is 9.88. The zero-order chi connectivity index (χ0) is 12.1. The maximum absolute atomic E-state index is 6.12. The normalized spacial score (nSPS) is 18.8. The van der Waals surface area contributed by atoms with E-state index in [9.17, 15) is 0 Å². The van der Waals surface area contributed by atoms with Gasteiger partial charge in [-0.25, -0.2) is 0 Å². The molecule has 1 aromatic rings. The summed E-state index contributed by atoms with van der Waals surface area (Å²) >= 11 is 0. The van der Waals surface area contributed by atoms with Gasteiger partial charge in [-0.05, 0) is 42.5 Å². The first-order chi connectivity index (χ1) is 8.31. The van der Waals surface area contributed by atoms with Gasteiger partial charge in [0.05, 0.1) is 6.61 Å². The fourth-order valence-corrected chi connectivity index (χ4v) is 2.30. The maximum Gasteiger partial charge on any atom is 0.119 e. The molecular formula is C14H21NO2. The molecule has 0 spiro atoms. The van der Waals surface area contributed by atoms with E-state index in [1.54, 1.807) is 7.11 Å². The SMILES string of the molecule is COCCCOc1ccc2c(c1)[C@@H](N)CCC2. The molecule has 2 rings (SSSR count). The molecule has 0 amide bonds. The third-order valence-electron chi connectivity index (χ3n) is 3.24. The van der Waals surface area contributed by atoms with E-state index in [1.807, 2.05) is 6.07 Å². The van der Waals surface area contributed by atoms with Crippen LogP contribution in [-0.4, -0.2) is 20.3 Å². The third-order valence-corrected chi connectivity index (χ3v) is 3.24. The quantitative estimate of drug-likeness (QED) is 0.797. The average molecular weight is 235 g/mol. The summed E-state index contributed by atoms with van der Waals surface area (Å²) in [6, 6.07) is 6.48. The molecule has 2 N–H and O–H groups in total. The topological polar surface area (TPSA) is 44.5 Å². The Kier molecular flexibility index (Phi) is 4.40. The molecule has 0 bridgehead atoms. The van der Waals surface area contributed by atoms with Crippen molar-refractivity contribution in [3.63, 3.8) is 0 Å². The van der Waals surface area contributed by atoms with Crippen molar-refractivity contribution in [2.75, 3.05) is 20.3 Å². The van der Waals surface area contributed by atoms with Crippen molar-refractivity contribution in [3.05, 3.63) is 29.3 Å². The van der Waals surface area contributed by atoms with Gasteiger partial charge in [-0.1, -0.05) is 6.07 Å². The van der Waals surface area contributed by atoms with Gasteiger partial charge in [0.2, 0.25) is 0 Å². The number of hydrogen-bond donors (Lipinski definition) is 1. The van der Waals surface area contributed by atoms with Crippen molar-refractivity contribution in [1.29, 1.82) is 0 Å². The van der Waals surface area contributed by atoms with Crippen LogP contribution in [0.4, 0.5) is 0 Å². The van der Waals surface area contributed by atoms with E-state index in [-0.39, 0.29) is 6.04 Å². The van der Waals surface area contributed by atoms with Crippen molar-refractivity contribution in [3.8, 4) is 5.75 Å². The van der Waals surface area contributed by atoms with Crippen molar-refractivity contribution >= 4 is 0 Å². The van der Waals surface area contributed by atoms with E-state index in [0.717, 1.165) is 31.6 Å². The van der Waals surface area contributed by atoms with E-state index in [2.05, 4.69) is 12.1 Å². The Balaban J connectivity index is 1.97. The first-order valence-electron chi connectivity index (χ1n) is 6.31. The summed E-state index contributed by atoms with van der Waals surface area (Å²) in [5.74, 6) is 0.928. The molecule has 1 aromatic carbocycles. The predicted octanol–water partition coefficient (Wildman–Crippen LogP) is 2.44. The molecular weight excluding hydrogens is 214 g/mol. The van der Waals surface area contributed by atoms with Gasteiger partial charge >= 0.3 is 0 Å². The van der Waals surface area contributed by atoms with Gasteiger partial charge in [-0.2, -0.15) is 0 Å². The second kappa shape index (κ2) is 6.03. The van der Waals surface area contributed by atoms with Crippen molar-refractivity contribution in [1.82, 2.24) is 0 Å². The largest absolute Gasteiger partial charge is 0.493 e. The van der Waals surface area contributed by atoms with E-state index in [0.29, 0.717) is 6.61 Å². The standard InChI is InChI=1S/C14H21NO2/c1-16-8-3-9-17-12-7-6-11-4-2-5-14(15)13(11)10-12/h6-7,10,14H,2-5,8-9,15H2,1H3/t14-/m0/s1. The number of rotatable bonds is 5. The number of ether oxygens (including phenoxy) is 2. The van der Waals surface area contributed by atoms with E-state index in [4.69, 9.17) is 15.2 Å². The average Bonchev–Trinajstić information content (AvgIpc) is 2.36. The van der Waals surface area contributed by atoms with Crippen LogP contribution in [0.15, 0.2) is 18.2 Å². The summed E-state index contributed by atoms with van der Waals surface area (Å²) in [4.78, 5) is 0. The second-order valence-electron chi connectivity index (χ2n) is 4.55. The van der Waals surface area contributed by atoms with Crippen molar-refractivity contribution in [2.24, 2.45) is 5.73 Å². The number of aryl methyl sites for hydroxylation is 1. The van der Waals surface area contributed by atoms with Gasteiger partial charge in [-0.3, -0.25) is 0 Å². The molecule has 3 nitrogen and oxygen atoms in total. The van der Waals surface area contributed by atoms with Crippen LogP contribution >= 0.6 is 0 Å². The monoisotopic (exact) mass is 235 g/mol. The van der Waals surface area contributed by atoms with Gasteiger partial charge in [0.25, 0.3) is 0 Å². The summed E-state index contributed by atoms with van der Waals surface area (Å²) in [7, 11) is 1.71. The van der Waals surface area contributed by atoms with Gasteiger partial charge in [0, 0.05) is 26.2 Å². The lowest BCUT2D eigenvalue weighted by Crippen LogP contribution is -2.17. The Hall–Kier alpha value is -1.06. The van der Waals surface area contributed by atoms with Crippen LogP contribution < -0.4 is 10.5 Å². The van der Waals surface area contributed by atoms with Crippen LogP contribution in [0.1, 0.15) is 36.4 Å². The Morgan fingerprint density at radius 2 is 2.24 bits per heavy atom. The smallest absolute Gasteiger partial charge is 0.119 e. The molecule has 0 radical (unpaired) electrons. The Morgan fingerprint density at radius 1 is 1.35 bits per heavy atom. The van der Waals surface area contributed by atoms with E-state index in [1.165, 1.54) is 17.5 Å². The lowest BCUT2D eigenvalue weighted by molar-refractivity contribution is 0.172. The van der Waals surface area contributed by atoms with E-state index < -0.39 is 0 Å². The minimum atomic E-state index is 0.182. The zero-order valence-corrected chi connectivity index (χ0v) is 10.4. The van der Waals surface area contributed by atoms with Gasteiger partial charge in [-0.15, -0.1) is 0 Å². The summed E-state index contributed by atoms with van der Waals surface area (Å²) in [6.07, 6.45) is 4.34. The van der Waals surface area contributed by atoms with Crippen LogP contribution in [-0.2, 0) is 11.2 Å². The molecule has 94 valence electrons. The highest BCUT2D eigenvalue weighted by atomic mass is 16.5. The van der Waals surface area contributed by atoms with Crippen LogP contribution in [0.5, 0.6) is 5.75 Å². The summed E-state index contributed by atoms with van der Waals surface area (Å²) in [5, 5.41) is 0. The highest BCUT2D eigenvalue weighted by Gasteiger charge is 2.17. The number of methoxy groups -OCH3 is 1. The summed E-state index contributed by atoms with van der Waals surface area (Å²) < 4.78 is 10.7. The third kappa shape index (κ3) is 3.20. The van der Waals surface area contributed by atoms with Crippen LogP contribution in [0.25, 0.3) is 0 Å². The van der Waals surface area contributed by atoms with Crippen LogP contribution in [0, 0.1) is 0 Å². The molecule has 3 heteroatoms. The van der Waals surface area contributed by atoms with Crippen LogP contribution in [0.3, 0.4) is 0 Å². The molecule has 1 atom stereocenters. The first-order valence-corrected chi connectivity index (χ1v) is 6.31. The maximum atomic E-state index is 6.12. The molecule has 0 fully saturated rings. The second-order valence-corrected chi connectivity index (χ2v) is 4.55. The predicted molar refractivity (Wildman–Crippen MR) is 68.3 cm³/mol. The summed E-state index contributed by atoms with van der Waals surface area (Å²) in [6.45, 7) is 1.44. The first kappa shape index (κ1) is 12.4. The minimum Gasteiger partial charge on any atom is -0.493 e. The molecule has 0 aromatic heterocycles. The lowest BCUT2D eigenvalue weighted by Gasteiger charge is -2.22. The van der Waals surface area contributed by atoms with Gasteiger partial charge in [0.1, 0.15) is 5.75 Å². The van der Waals surface area contributed by atoms with Crippen molar-refractivity contribution in [2.45, 2.75) is 31.7 Å². The van der Waals surface area contributed by atoms with E-state index >= 15 is 0 Å². The van der Waals surface area contributed by atoms with Crippen molar-refractivity contribution < 1.29 is 9.47 Å². The number of nitrogens with two attached hydrogens (primary N) is 1. The molecule has 1 aliphatic rings. The highest BCUT2D eigenvalue weighted by molar-refractivity contribution is 5.39. The fraction of sp³-hybridized carbons (Fsp3) is 0.571. The summed E-state index contributed by atoms with van der Waals surface area (Å²) in [5.41, 5.74) is 8.76. The van der Waals surface area contributed by atoms with Crippen LogP contribution in [0.2, 0.25) is 0 Å². The molecule has 17 heavy (non-hydrogen) atoms. The molecule has 1 aliphatic carbocycles. The Labute approximate surface area is 103 Å². The molecule has 0 saturated heterocycles.